The van der Waals surface area contributed by atoms with E-state index in [-0.39, 0.29) is 4.90 Å². The summed E-state index contributed by atoms with van der Waals surface area (Å²) in [6.07, 6.45) is 0. The topological polar surface area (TPSA) is 94.1 Å². The normalized spacial score (nSPS) is 12.2. The number of hydrogen-bond acceptors (Lipinski definition) is 7. The minimum atomic E-state index is -3.55. The Hall–Kier alpha value is -2.17. The van der Waals surface area contributed by atoms with Crippen LogP contribution in [0.5, 0.6) is 0 Å². The molecule has 8 nitrogen and oxygen atoms in total. The molecule has 0 unspecified atom stereocenters. The average Bonchev–Trinajstić information content (AvgIpc) is 3.32. The molecular weight excluding hydrogens is 434 g/mol. The number of aromatic nitrogens is 4. The summed E-state index contributed by atoms with van der Waals surface area (Å²) in [7, 11) is -3.55. The molecule has 0 N–H and O–H groups in total. The van der Waals surface area contributed by atoms with E-state index in [4.69, 9.17) is 4.52 Å². The molecule has 0 saturated carbocycles. The third-order valence-corrected chi connectivity index (χ3v) is 7.77. The summed E-state index contributed by atoms with van der Waals surface area (Å²) < 4.78 is 34.6. The molecule has 3 aromatic rings. The van der Waals surface area contributed by atoms with Crippen LogP contribution in [0.3, 0.4) is 0 Å². The summed E-state index contributed by atoms with van der Waals surface area (Å²) in [5, 5.41) is 13.6. The maximum atomic E-state index is 13.0. The zero-order chi connectivity index (χ0) is 22.6. The zero-order valence-electron chi connectivity index (χ0n) is 18.6. The molecular formula is C21H29N5O3S2. The van der Waals surface area contributed by atoms with Crippen molar-refractivity contribution in [2.24, 2.45) is 5.92 Å². The minimum Gasteiger partial charge on any atom is -0.361 e. The van der Waals surface area contributed by atoms with Crippen molar-refractivity contribution in [2.75, 3.05) is 13.1 Å². The van der Waals surface area contributed by atoms with Crippen LogP contribution < -0.4 is 0 Å². The molecule has 2 aromatic heterocycles. The summed E-state index contributed by atoms with van der Waals surface area (Å²) in [5.41, 5.74) is 1.57. The van der Waals surface area contributed by atoms with Gasteiger partial charge in [-0.25, -0.2) is 8.42 Å². The number of rotatable bonds is 10. The van der Waals surface area contributed by atoms with Gasteiger partial charge in [-0.2, -0.15) is 4.31 Å². The smallest absolute Gasteiger partial charge is 0.243 e. The van der Waals surface area contributed by atoms with E-state index in [2.05, 4.69) is 29.2 Å². The minimum absolute atomic E-state index is 0.264. The van der Waals surface area contributed by atoms with Crippen molar-refractivity contribution < 1.29 is 12.9 Å². The second-order valence-corrected chi connectivity index (χ2v) is 10.5. The molecule has 0 aliphatic rings. The lowest BCUT2D eigenvalue weighted by atomic mass is 10.2. The van der Waals surface area contributed by atoms with Gasteiger partial charge in [0.15, 0.2) is 11.0 Å². The van der Waals surface area contributed by atoms with Gasteiger partial charge >= 0.3 is 0 Å². The van der Waals surface area contributed by atoms with Crippen LogP contribution in [-0.4, -0.2) is 45.7 Å². The molecule has 0 bridgehead atoms. The first kappa shape index (κ1) is 23.5. The molecule has 168 valence electrons. The lowest BCUT2D eigenvalue weighted by Gasteiger charge is -2.19. The number of hydrogen-bond donors (Lipinski definition) is 0. The van der Waals surface area contributed by atoms with Crippen molar-refractivity contribution >= 4 is 21.8 Å². The molecule has 31 heavy (non-hydrogen) atoms. The first-order chi connectivity index (χ1) is 14.8. The molecule has 3 rings (SSSR count). The Morgan fingerprint density at radius 1 is 1.16 bits per heavy atom. The second-order valence-electron chi connectivity index (χ2n) is 7.65. The molecule has 0 amide bonds. The Labute approximate surface area is 188 Å². The molecule has 2 heterocycles. The predicted octanol–water partition coefficient (Wildman–Crippen LogP) is 4.22. The standard InChI is InChI=1S/C21H29N5O3S2/c1-6-25(7-2)31(27,28)19-10-8-9-17(12-19)20-22-23-21(26(20)13-15(3)4)30-14-18-11-16(5)29-24-18/h8-12,15H,6-7,13-14H2,1-5H3. The first-order valence-electron chi connectivity index (χ1n) is 10.3. The molecule has 0 saturated heterocycles. The van der Waals surface area contributed by atoms with Crippen molar-refractivity contribution in [1.82, 2.24) is 24.2 Å². The van der Waals surface area contributed by atoms with Crippen LogP contribution in [0.2, 0.25) is 0 Å². The highest BCUT2D eigenvalue weighted by molar-refractivity contribution is 7.98. The van der Waals surface area contributed by atoms with Crippen LogP contribution in [0.15, 0.2) is 44.9 Å². The Kier molecular flexibility index (Phi) is 7.55. The highest BCUT2D eigenvalue weighted by Crippen LogP contribution is 2.29. The summed E-state index contributed by atoms with van der Waals surface area (Å²) in [5.74, 6) is 2.41. The van der Waals surface area contributed by atoms with Crippen molar-refractivity contribution in [2.45, 2.75) is 57.0 Å². The van der Waals surface area contributed by atoms with E-state index < -0.39 is 10.0 Å². The van der Waals surface area contributed by atoms with E-state index in [1.165, 1.54) is 16.1 Å². The molecule has 0 spiro atoms. The van der Waals surface area contributed by atoms with Crippen molar-refractivity contribution in [1.29, 1.82) is 0 Å². The van der Waals surface area contributed by atoms with Crippen LogP contribution in [0.25, 0.3) is 11.4 Å². The lowest BCUT2D eigenvalue weighted by Crippen LogP contribution is -2.30. The van der Waals surface area contributed by atoms with E-state index in [0.717, 1.165) is 28.7 Å². The summed E-state index contributed by atoms with van der Waals surface area (Å²) >= 11 is 1.53. The van der Waals surface area contributed by atoms with Gasteiger partial charge < -0.3 is 9.09 Å². The lowest BCUT2D eigenvalue weighted by molar-refractivity contribution is 0.393. The monoisotopic (exact) mass is 463 g/mol. The third-order valence-electron chi connectivity index (χ3n) is 4.73. The fourth-order valence-corrected chi connectivity index (χ4v) is 5.60. The van der Waals surface area contributed by atoms with Crippen molar-refractivity contribution in [3.63, 3.8) is 0 Å². The average molecular weight is 464 g/mol. The molecule has 0 radical (unpaired) electrons. The SMILES string of the molecule is CCN(CC)S(=O)(=O)c1cccc(-c2nnc(SCc3cc(C)on3)n2CC(C)C)c1. The van der Waals surface area contributed by atoms with Gasteiger partial charge in [0.25, 0.3) is 0 Å². The maximum absolute atomic E-state index is 13.0. The Morgan fingerprint density at radius 3 is 2.52 bits per heavy atom. The van der Waals surface area contributed by atoms with Crippen molar-refractivity contribution in [3.8, 4) is 11.4 Å². The van der Waals surface area contributed by atoms with Crippen LogP contribution in [0, 0.1) is 12.8 Å². The number of aryl methyl sites for hydroxylation is 1. The van der Waals surface area contributed by atoms with Gasteiger partial charge in [0.1, 0.15) is 5.76 Å². The quantitative estimate of drug-likeness (QED) is 0.416. The molecule has 0 aliphatic carbocycles. The molecule has 10 heteroatoms. The maximum Gasteiger partial charge on any atom is 0.243 e. The van der Waals surface area contributed by atoms with Gasteiger partial charge in [0.05, 0.1) is 10.6 Å². The first-order valence-corrected chi connectivity index (χ1v) is 12.8. The van der Waals surface area contributed by atoms with E-state index in [1.54, 1.807) is 18.2 Å². The van der Waals surface area contributed by atoms with E-state index in [0.29, 0.717) is 30.6 Å². The zero-order valence-corrected chi connectivity index (χ0v) is 20.2. The summed E-state index contributed by atoms with van der Waals surface area (Å²) in [6.45, 7) is 11.4. The van der Waals surface area contributed by atoms with E-state index in [9.17, 15) is 8.42 Å². The van der Waals surface area contributed by atoms with E-state index >= 15 is 0 Å². The van der Waals surface area contributed by atoms with Crippen LogP contribution in [0.4, 0.5) is 0 Å². The molecule has 0 atom stereocenters. The highest BCUT2D eigenvalue weighted by atomic mass is 32.2. The van der Waals surface area contributed by atoms with Gasteiger partial charge in [0.2, 0.25) is 10.0 Å². The fraction of sp³-hybridized carbons (Fsp3) is 0.476. The number of thioether (sulfide) groups is 1. The predicted molar refractivity (Wildman–Crippen MR) is 121 cm³/mol. The van der Waals surface area contributed by atoms with Gasteiger partial charge in [-0.15, -0.1) is 10.2 Å². The summed E-state index contributed by atoms with van der Waals surface area (Å²) in [6, 6.07) is 8.84. The van der Waals surface area contributed by atoms with Gasteiger partial charge in [-0.1, -0.05) is 56.7 Å². The van der Waals surface area contributed by atoms with Gasteiger partial charge in [0, 0.05) is 37.0 Å². The number of nitrogens with zero attached hydrogens (tertiary/aromatic N) is 5. The Balaban J connectivity index is 1.96. The number of sulfonamides is 1. The van der Waals surface area contributed by atoms with Crippen molar-refractivity contribution in [3.05, 3.63) is 41.8 Å². The Morgan fingerprint density at radius 2 is 1.90 bits per heavy atom. The second kappa shape index (κ2) is 9.97. The van der Waals surface area contributed by atoms with Gasteiger partial charge in [-0.3, -0.25) is 0 Å². The van der Waals surface area contributed by atoms with E-state index in [1.807, 2.05) is 37.5 Å². The van der Waals surface area contributed by atoms with Crippen LogP contribution >= 0.6 is 11.8 Å². The molecule has 0 fully saturated rings. The highest BCUT2D eigenvalue weighted by Gasteiger charge is 2.23. The largest absolute Gasteiger partial charge is 0.361 e. The molecule has 1 aromatic carbocycles. The van der Waals surface area contributed by atoms with Gasteiger partial charge in [-0.05, 0) is 25.0 Å². The Bertz CT molecular complexity index is 1120. The fourth-order valence-electron chi connectivity index (χ4n) is 3.27. The van der Waals surface area contributed by atoms with Crippen LogP contribution in [-0.2, 0) is 22.3 Å². The van der Waals surface area contributed by atoms with Crippen LogP contribution in [0.1, 0.15) is 39.1 Å². The third kappa shape index (κ3) is 5.36. The number of benzene rings is 1. The molecule has 0 aliphatic heterocycles. The summed E-state index contributed by atoms with van der Waals surface area (Å²) in [4.78, 5) is 0.264.